The zero-order chi connectivity index (χ0) is 15.8. The molecule has 2 rings (SSSR count). The van der Waals surface area contributed by atoms with Gasteiger partial charge in [-0.1, -0.05) is 39.5 Å². The summed E-state index contributed by atoms with van der Waals surface area (Å²) < 4.78 is 0. The second-order valence-corrected chi connectivity index (χ2v) is 6.48. The lowest BCUT2D eigenvalue weighted by Gasteiger charge is -2.24. The van der Waals surface area contributed by atoms with Gasteiger partial charge in [0.05, 0.1) is 0 Å². The largest absolute Gasteiger partial charge is 0.367 e. The van der Waals surface area contributed by atoms with E-state index in [9.17, 15) is 0 Å². The first kappa shape index (κ1) is 17.0. The molecule has 1 aliphatic carbocycles. The quantitative estimate of drug-likeness (QED) is 0.751. The smallest absolute Gasteiger partial charge is 0.134 e. The number of rotatable bonds is 7. The van der Waals surface area contributed by atoms with Crippen LogP contribution in [0.25, 0.3) is 0 Å². The van der Waals surface area contributed by atoms with Gasteiger partial charge in [-0.3, -0.25) is 0 Å². The van der Waals surface area contributed by atoms with Crippen LogP contribution in [0.5, 0.6) is 0 Å². The van der Waals surface area contributed by atoms with Crippen LogP contribution in [-0.2, 0) is 0 Å². The number of aryl methyl sites for hydroxylation is 1. The fourth-order valence-electron chi connectivity index (χ4n) is 3.30. The summed E-state index contributed by atoms with van der Waals surface area (Å²) in [5.74, 6) is 2.95. The van der Waals surface area contributed by atoms with Gasteiger partial charge in [0.25, 0.3) is 0 Å². The van der Waals surface area contributed by atoms with Crippen molar-refractivity contribution >= 4 is 11.6 Å². The van der Waals surface area contributed by atoms with Crippen LogP contribution in [0, 0.1) is 6.92 Å². The lowest BCUT2D eigenvalue weighted by atomic mass is 10.1. The molecule has 0 saturated heterocycles. The van der Waals surface area contributed by atoms with E-state index in [2.05, 4.69) is 40.1 Å². The van der Waals surface area contributed by atoms with Gasteiger partial charge in [0.1, 0.15) is 17.5 Å². The normalized spacial score (nSPS) is 16.3. The second kappa shape index (κ2) is 8.96. The maximum atomic E-state index is 4.66. The van der Waals surface area contributed by atoms with Crippen molar-refractivity contribution in [2.75, 3.05) is 23.3 Å². The molecule has 1 aromatic rings. The minimum atomic E-state index is 0.579. The molecule has 1 aliphatic rings. The van der Waals surface area contributed by atoms with Gasteiger partial charge < -0.3 is 10.2 Å². The third-order valence-corrected chi connectivity index (χ3v) is 4.34. The van der Waals surface area contributed by atoms with Crippen LogP contribution < -0.4 is 10.2 Å². The summed E-state index contributed by atoms with van der Waals surface area (Å²) in [4.78, 5) is 11.7. The van der Waals surface area contributed by atoms with Crippen LogP contribution in [0.3, 0.4) is 0 Å². The molecule has 1 N–H and O–H groups in total. The number of nitrogens with one attached hydrogen (secondary N) is 1. The Morgan fingerprint density at radius 2 is 1.68 bits per heavy atom. The van der Waals surface area contributed by atoms with Crippen LogP contribution in [0.15, 0.2) is 6.07 Å². The maximum Gasteiger partial charge on any atom is 0.134 e. The van der Waals surface area contributed by atoms with E-state index < -0.39 is 0 Å². The number of nitrogens with zero attached hydrogens (tertiary/aromatic N) is 3. The Bertz CT molecular complexity index is 433. The molecule has 0 aliphatic heterocycles. The average Bonchev–Trinajstić information content (AvgIpc) is 2.75. The first-order valence-corrected chi connectivity index (χ1v) is 9.10. The molecule has 1 saturated carbocycles. The van der Waals surface area contributed by atoms with Gasteiger partial charge in [0, 0.05) is 25.2 Å². The van der Waals surface area contributed by atoms with Gasteiger partial charge in [-0.2, -0.15) is 0 Å². The van der Waals surface area contributed by atoms with Gasteiger partial charge in [0.2, 0.25) is 0 Å². The van der Waals surface area contributed by atoms with E-state index in [0.717, 1.165) is 43.4 Å². The molecule has 0 aromatic carbocycles. The summed E-state index contributed by atoms with van der Waals surface area (Å²) in [6.45, 7) is 8.57. The van der Waals surface area contributed by atoms with E-state index in [0.29, 0.717) is 6.04 Å². The Balaban J connectivity index is 2.10. The summed E-state index contributed by atoms with van der Waals surface area (Å²) >= 11 is 0. The molecule has 4 nitrogen and oxygen atoms in total. The average molecular weight is 304 g/mol. The minimum Gasteiger partial charge on any atom is -0.367 e. The molecule has 0 amide bonds. The summed E-state index contributed by atoms with van der Waals surface area (Å²) in [5, 5.41) is 3.66. The summed E-state index contributed by atoms with van der Waals surface area (Å²) in [6.07, 6.45) is 10.3. The SMILES string of the molecule is CCCN(CCC)c1cc(NC2CCCCCC2)nc(C)n1. The van der Waals surface area contributed by atoms with E-state index >= 15 is 0 Å². The fourth-order valence-corrected chi connectivity index (χ4v) is 3.30. The van der Waals surface area contributed by atoms with Crippen molar-refractivity contribution in [3.8, 4) is 0 Å². The number of hydrogen-bond donors (Lipinski definition) is 1. The molecule has 0 bridgehead atoms. The minimum absolute atomic E-state index is 0.579. The van der Waals surface area contributed by atoms with Gasteiger partial charge in [0.15, 0.2) is 0 Å². The van der Waals surface area contributed by atoms with E-state index in [1.807, 2.05) is 6.92 Å². The predicted octanol–water partition coefficient (Wildman–Crippen LogP) is 4.55. The van der Waals surface area contributed by atoms with Crippen molar-refractivity contribution in [2.24, 2.45) is 0 Å². The number of aromatic nitrogens is 2. The molecular formula is C18H32N4. The highest BCUT2D eigenvalue weighted by atomic mass is 15.2. The molecule has 0 spiro atoms. The second-order valence-electron chi connectivity index (χ2n) is 6.48. The molecule has 0 unspecified atom stereocenters. The van der Waals surface area contributed by atoms with Crippen LogP contribution in [-0.4, -0.2) is 29.1 Å². The third-order valence-electron chi connectivity index (χ3n) is 4.34. The van der Waals surface area contributed by atoms with Gasteiger partial charge in [-0.25, -0.2) is 9.97 Å². The van der Waals surface area contributed by atoms with E-state index in [4.69, 9.17) is 0 Å². The number of anilines is 2. The van der Waals surface area contributed by atoms with Crippen LogP contribution >= 0.6 is 0 Å². The molecule has 22 heavy (non-hydrogen) atoms. The monoisotopic (exact) mass is 304 g/mol. The summed E-state index contributed by atoms with van der Waals surface area (Å²) in [5.41, 5.74) is 0. The molecule has 1 aromatic heterocycles. The van der Waals surface area contributed by atoms with E-state index in [-0.39, 0.29) is 0 Å². The molecule has 4 heteroatoms. The third kappa shape index (κ3) is 5.15. The highest BCUT2D eigenvalue weighted by Gasteiger charge is 2.14. The highest BCUT2D eigenvalue weighted by Crippen LogP contribution is 2.22. The Kier molecular flexibility index (Phi) is 6.94. The van der Waals surface area contributed by atoms with Crippen LogP contribution in [0.4, 0.5) is 11.6 Å². The zero-order valence-corrected chi connectivity index (χ0v) is 14.6. The van der Waals surface area contributed by atoms with Crippen LogP contribution in [0.2, 0.25) is 0 Å². The lowest BCUT2D eigenvalue weighted by molar-refractivity contribution is 0.617. The molecular weight excluding hydrogens is 272 g/mol. The Morgan fingerprint density at radius 3 is 2.27 bits per heavy atom. The van der Waals surface area contributed by atoms with Crippen molar-refractivity contribution in [3.05, 3.63) is 11.9 Å². The number of hydrogen-bond acceptors (Lipinski definition) is 4. The van der Waals surface area contributed by atoms with Gasteiger partial charge >= 0.3 is 0 Å². The Hall–Kier alpha value is -1.32. The van der Waals surface area contributed by atoms with Crippen molar-refractivity contribution in [1.82, 2.24) is 9.97 Å². The fraction of sp³-hybridized carbons (Fsp3) is 0.778. The van der Waals surface area contributed by atoms with Crippen molar-refractivity contribution in [3.63, 3.8) is 0 Å². The first-order chi connectivity index (χ1) is 10.7. The Morgan fingerprint density at radius 1 is 1.05 bits per heavy atom. The highest BCUT2D eigenvalue weighted by molar-refractivity contribution is 5.49. The summed E-state index contributed by atoms with van der Waals surface area (Å²) in [7, 11) is 0. The summed E-state index contributed by atoms with van der Waals surface area (Å²) in [6, 6.07) is 2.72. The topological polar surface area (TPSA) is 41.0 Å². The van der Waals surface area contributed by atoms with Gasteiger partial charge in [-0.05, 0) is 32.6 Å². The zero-order valence-electron chi connectivity index (χ0n) is 14.6. The molecule has 124 valence electrons. The molecule has 0 radical (unpaired) electrons. The maximum absolute atomic E-state index is 4.66. The lowest BCUT2D eigenvalue weighted by Crippen LogP contribution is -2.27. The van der Waals surface area contributed by atoms with Crippen molar-refractivity contribution < 1.29 is 0 Å². The van der Waals surface area contributed by atoms with Crippen LogP contribution in [0.1, 0.15) is 71.0 Å². The van der Waals surface area contributed by atoms with Crippen molar-refractivity contribution in [1.29, 1.82) is 0 Å². The Labute approximate surface area is 135 Å². The first-order valence-electron chi connectivity index (χ1n) is 9.10. The van der Waals surface area contributed by atoms with E-state index in [1.54, 1.807) is 0 Å². The molecule has 1 heterocycles. The van der Waals surface area contributed by atoms with E-state index in [1.165, 1.54) is 38.5 Å². The van der Waals surface area contributed by atoms with Crippen molar-refractivity contribution in [2.45, 2.75) is 78.2 Å². The standard InChI is InChI=1S/C18H32N4/c1-4-12-22(13-5-2)18-14-17(19-15(3)20-18)21-16-10-8-6-7-9-11-16/h14,16H,4-13H2,1-3H3,(H,19,20,21). The molecule has 1 fully saturated rings. The molecule has 0 atom stereocenters. The predicted molar refractivity (Wildman–Crippen MR) is 94.7 cm³/mol. The van der Waals surface area contributed by atoms with Gasteiger partial charge in [-0.15, -0.1) is 0 Å².